The van der Waals surface area contributed by atoms with Crippen LogP contribution >= 0.6 is 23.2 Å². The maximum atomic E-state index is 12.4. The Morgan fingerprint density at radius 2 is 1.69 bits per heavy atom. The maximum Gasteiger partial charge on any atom is 0.266 e. The minimum atomic E-state index is -0.547. The number of carbonyl (C=O) groups is 1. The number of nitriles is 1. The third kappa shape index (κ3) is 5.39. The second-order valence-corrected chi connectivity index (χ2v) is 7.10. The van der Waals surface area contributed by atoms with Crippen molar-refractivity contribution in [2.75, 3.05) is 5.32 Å². The predicted octanol–water partition coefficient (Wildman–Crippen LogP) is 5.84. The van der Waals surface area contributed by atoms with Crippen LogP contribution in [0.1, 0.15) is 16.7 Å². The van der Waals surface area contributed by atoms with Gasteiger partial charge in [-0.15, -0.1) is 0 Å². The molecule has 0 aliphatic carbocycles. The SMILES string of the molecule is N#C/C(=C\c1ccc(Cc2ccccc2Cl)c(Cl)c1)C(=O)Nc1ccc(O)cc1. The monoisotopic (exact) mass is 422 g/mol. The first-order chi connectivity index (χ1) is 14.0. The number of nitrogens with one attached hydrogen (secondary N) is 1. The molecule has 0 saturated carbocycles. The number of rotatable bonds is 5. The fraction of sp³-hybridized carbons (Fsp3) is 0.0435. The molecule has 2 N–H and O–H groups in total. The number of nitrogens with zero attached hydrogens (tertiary/aromatic N) is 1. The molecule has 29 heavy (non-hydrogen) atoms. The molecule has 0 aromatic heterocycles. The lowest BCUT2D eigenvalue weighted by atomic mass is 10.0. The zero-order valence-electron chi connectivity index (χ0n) is 15.2. The van der Waals surface area contributed by atoms with Gasteiger partial charge in [0.2, 0.25) is 0 Å². The Morgan fingerprint density at radius 1 is 1.00 bits per heavy atom. The van der Waals surface area contributed by atoms with E-state index < -0.39 is 5.91 Å². The number of phenolic OH excluding ortho intramolecular Hbond substituents is 1. The number of hydrogen-bond acceptors (Lipinski definition) is 3. The summed E-state index contributed by atoms with van der Waals surface area (Å²) >= 11 is 12.6. The zero-order valence-corrected chi connectivity index (χ0v) is 16.7. The fourth-order valence-electron chi connectivity index (χ4n) is 2.70. The third-order valence-electron chi connectivity index (χ3n) is 4.22. The smallest absolute Gasteiger partial charge is 0.266 e. The molecule has 1 amide bonds. The molecular formula is C23H16Cl2N2O2. The van der Waals surface area contributed by atoms with Gasteiger partial charge in [0.25, 0.3) is 5.91 Å². The molecule has 0 radical (unpaired) electrons. The first-order valence-corrected chi connectivity index (χ1v) is 9.46. The molecule has 3 rings (SSSR count). The van der Waals surface area contributed by atoms with Crippen LogP contribution < -0.4 is 5.32 Å². The van der Waals surface area contributed by atoms with E-state index in [2.05, 4.69) is 5.32 Å². The molecule has 0 spiro atoms. The number of carbonyl (C=O) groups excluding carboxylic acids is 1. The fourth-order valence-corrected chi connectivity index (χ4v) is 3.16. The van der Waals surface area contributed by atoms with E-state index in [-0.39, 0.29) is 11.3 Å². The second kappa shape index (κ2) is 9.29. The number of aromatic hydroxyl groups is 1. The van der Waals surface area contributed by atoms with E-state index in [4.69, 9.17) is 23.2 Å². The summed E-state index contributed by atoms with van der Waals surface area (Å²) in [5.41, 5.74) is 2.90. The topological polar surface area (TPSA) is 73.1 Å². The van der Waals surface area contributed by atoms with Crippen LogP contribution in [-0.4, -0.2) is 11.0 Å². The summed E-state index contributed by atoms with van der Waals surface area (Å²) < 4.78 is 0. The zero-order chi connectivity index (χ0) is 20.8. The average molecular weight is 423 g/mol. The van der Waals surface area contributed by atoms with Crippen LogP contribution in [0.4, 0.5) is 5.69 Å². The van der Waals surface area contributed by atoms with Gasteiger partial charge >= 0.3 is 0 Å². The maximum absolute atomic E-state index is 12.4. The lowest BCUT2D eigenvalue weighted by molar-refractivity contribution is -0.112. The number of amides is 1. The Hall–Kier alpha value is -3.26. The van der Waals surface area contributed by atoms with Crippen molar-refractivity contribution in [1.82, 2.24) is 0 Å². The Balaban J connectivity index is 1.78. The van der Waals surface area contributed by atoms with Crippen LogP contribution in [0.2, 0.25) is 10.0 Å². The summed E-state index contributed by atoms with van der Waals surface area (Å²) in [6, 6.07) is 20.8. The Bertz CT molecular complexity index is 1120. The minimum Gasteiger partial charge on any atom is -0.508 e. The van der Waals surface area contributed by atoms with Crippen molar-refractivity contribution in [3.63, 3.8) is 0 Å². The van der Waals surface area contributed by atoms with Gasteiger partial charge in [0, 0.05) is 22.2 Å². The highest BCUT2D eigenvalue weighted by Gasteiger charge is 2.11. The summed E-state index contributed by atoms with van der Waals surface area (Å²) in [5.74, 6) is -0.458. The summed E-state index contributed by atoms with van der Waals surface area (Å²) in [5, 5.41) is 22.5. The van der Waals surface area contributed by atoms with Crippen LogP contribution in [0.5, 0.6) is 5.75 Å². The molecule has 3 aromatic carbocycles. The lowest BCUT2D eigenvalue weighted by Gasteiger charge is -2.08. The van der Waals surface area contributed by atoms with Crippen molar-refractivity contribution in [2.24, 2.45) is 0 Å². The molecule has 0 aliphatic rings. The molecule has 0 bridgehead atoms. The molecular weight excluding hydrogens is 407 g/mol. The van der Waals surface area contributed by atoms with Crippen molar-refractivity contribution in [3.8, 4) is 11.8 Å². The molecule has 3 aromatic rings. The molecule has 6 heteroatoms. The van der Waals surface area contributed by atoms with Crippen LogP contribution in [0.3, 0.4) is 0 Å². The lowest BCUT2D eigenvalue weighted by Crippen LogP contribution is -2.13. The first kappa shape index (κ1) is 20.5. The molecule has 0 heterocycles. The van der Waals surface area contributed by atoms with Gasteiger partial charge in [-0.2, -0.15) is 5.26 Å². The van der Waals surface area contributed by atoms with E-state index in [9.17, 15) is 15.2 Å². The largest absolute Gasteiger partial charge is 0.508 e. The van der Waals surface area contributed by atoms with Crippen molar-refractivity contribution in [2.45, 2.75) is 6.42 Å². The van der Waals surface area contributed by atoms with E-state index in [1.807, 2.05) is 36.4 Å². The van der Waals surface area contributed by atoms with Crippen LogP contribution in [0.25, 0.3) is 6.08 Å². The molecule has 0 aliphatic heterocycles. The van der Waals surface area contributed by atoms with Gasteiger partial charge < -0.3 is 10.4 Å². The van der Waals surface area contributed by atoms with Gasteiger partial charge in [0.1, 0.15) is 17.4 Å². The summed E-state index contributed by atoms with van der Waals surface area (Å²) in [7, 11) is 0. The van der Waals surface area contributed by atoms with Crippen LogP contribution in [0.15, 0.2) is 72.3 Å². The number of anilines is 1. The van der Waals surface area contributed by atoms with Gasteiger partial charge in [0.15, 0.2) is 0 Å². The van der Waals surface area contributed by atoms with Gasteiger partial charge in [-0.3, -0.25) is 4.79 Å². The van der Waals surface area contributed by atoms with E-state index in [1.54, 1.807) is 24.3 Å². The minimum absolute atomic E-state index is 0.0620. The van der Waals surface area contributed by atoms with Gasteiger partial charge in [-0.25, -0.2) is 0 Å². The standard InChI is InChI=1S/C23H16Cl2N2O2/c24-21-4-2-1-3-16(21)13-17-6-5-15(12-22(17)25)11-18(14-26)23(29)27-19-7-9-20(28)10-8-19/h1-12,28H,13H2,(H,27,29)/b18-11+. The third-order valence-corrected chi connectivity index (χ3v) is 4.94. The number of hydrogen-bond donors (Lipinski definition) is 2. The molecule has 144 valence electrons. The van der Waals surface area contributed by atoms with Crippen LogP contribution in [-0.2, 0) is 11.2 Å². The molecule has 0 unspecified atom stereocenters. The first-order valence-electron chi connectivity index (χ1n) is 8.70. The van der Waals surface area contributed by atoms with E-state index in [1.165, 1.54) is 18.2 Å². The number of phenols is 1. The summed E-state index contributed by atoms with van der Waals surface area (Å²) in [6.07, 6.45) is 2.05. The molecule has 0 saturated heterocycles. The van der Waals surface area contributed by atoms with Crippen molar-refractivity contribution in [3.05, 3.63) is 99.0 Å². The van der Waals surface area contributed by atoms with Crippen molar-refractivity contribution >= 4 is 40.9 Å². The average Bonchev–Trinajstić information content (AvgIpc) is 2.71. The van der Waals surface area contributed by atoms with Gasteiger partial charge in [-0.1, -0.05) is 53.5 Å². The Kier molecular flexibility index (Phi) is 6.56. The molecule has 0 atom stereocenters. The quantitative estimate of drug-likeness (QED) is 0.308. The normalized spacial score (nSPS) is 11.0. The van der Waals surface area contributed by atoms with Gasteiger partial charge in [0.05, 0.1) is 0 Å². The number of benzene rings is 3. The highest BCUT2D eigenvalue weighted by Crippen LogP contribution is 2.25. The van der Waals surface area contributed by atoms with Crippen molar-refractivity contribution in [1.29, 1.82) is 5.26 Å². The molecule has 0 fully saturated rings. The Labute approximate surface area is 178 Å². The van der Waals surface area contributed by atoms with Gasteiger partial charge in [-0.05, 0) is 59.2 Å². The second-order valence-electron chi connectivity index (χ2n) is 6.29. The van der Waals surface area contributed by atoms with Crippen LogP contribution in [0, 0.1) is 11.3 Å². The number of halogens is 2. The molecule has 4 nitrogen and oxygen atoms in total. The highest BCUT2D eigenvalue weighted by atomic mass is 35.5. The van der Waals surface area contributed by atoms with E-state index >= 15 is 0 Å². The Morgan fingerprint density at radius 3 is 2.34 bits per heavy atom. The van der Waals surface area contributed by atoms with E-state index in [0.29, 0.717) is 27.7 Å². The highest BCUT2D eigenvalue weighted by molar-refractivity contribution is 6.32. The summed E-state index contributed by atoms with van der Waals surface area (Å²) in [4.78, 5) is 12.4. The summed E-state index contributed by atoms with van der Waals surface area (Å²) in [6.45, 7) is 0. The van der Waals surface area contributed by atoms with E-state index in [0.717, 1.165) is 11.1 Å². The van der Waals surface area contributed by atoms with Crippen molar-refractivity contribution < 1.29 is 9.90 Å². The predicted molar refractivity (Wildman–Crippen MR) is 116 cm³/mol.